The van der Waals surface area contributed by atoms with Crippen molar-refractivity contribution in [1.82, 2.24) is 5.32 Å². The predicted octanol–water partition coefficient (Wildman–Crippen LogP) is 1.62. The van der Waals surface area contributed by atoms with Crippen LogP contribution in [0.25, 0.3) is 0 Å². The van der Waals surface area contributed by atoms with E-state index in [0.717, 1.165) is 25.9 Å². The van der Waals surface area contributed by atoms with Crippen molar-refractivity contribution in [3.8, 4) is 0 Å². The Morgan fingerprint density at radius 3 is 2.95 bits per heavy atom. The number of rotatable bonds is 3. The number of aliphatic imine (C=N–C) groups is 1. The molecule has 21 heavy (non-hydrogen) atoms. The summed E-state index contributed by atoms with van der Waals surface area (Å²) in [7, 11) is 0. The van der Waals surface area contributed by atoms with Crippen molar-refractivity contribution in [2.24, 2.45) is 4.99 Å². The molecule has 0 amide bonds. The van der Waals surface area contributed by atoms with Crippen molar-refractivity contribution >= 4 is 17.5 Å². The van der Waals surface area contributed by atoms with Gasteiger partial charge in [0, 0.05) is 25.2 Å². The number of carbonyl (C=O) groups is 1. The van der Waals surface area contributed by atoms with Crippen LogP contribution in [0.4, 0.5) is 10.1 Å². The molecule has 2 aliphatic heterocycles. The van der Waals surface area contributed by atoms with Crippen LogP contribution >= 0.6 is 0 Å². The predicted molar refractivity (Wildman–Crippen MR) is 78.4 cm³/mol. The number of halogens is 1. The fourth-order valence-corrected chi connectivity index (χ4v) is 2.92. The molecule has 0 aromatic heterocycles. The number of carboxylic acids is 1. The molecule has 2 N–H and O–H groups in total. The maximum absolute atomic E-state index is 14.4. The number of amidine groups is 1. The van der Waals surface area contributed by atoms with E-state index in [1.807, 2.05) is 0 Å². The maximum Gasteiger partial charge on any atom is 0.326 e. The Morgan fingerprint density at radius 1 is 1.43 bits per heavy atom. The average molecular weight is 291 g/mol. The Morgan fingerprint density at radius 2 is 2.29 bits per heavy atom. The van der Waals surface area contributed by atoms with Crippen LogP contribution in [0.1, 0.15) is 24.8 Å². The third kappa shape index (κ3) is 2.70. The number of hydrogen-bond donors (Lipinski definition) is 2. The van der Waals surface area contributed by atoms with E-state index in [0.29, 0.717) is 30.1 Å². The van der Waals surface area contributed by atoms with Crippen LogP contribution in [-0.4, -0.2) is 42.6 Å². The summed E-state index contributed by atoms with van der Waals surface area (Å²) in [4.78, 5) is 17.2. The second kappa shape index (κ2) is 5.71. The number of benzene rings is 1. The fraction of sp³-hybridized carbons (Fsp3) is 0.467. The molecule has 0 saturated carbocycles. The zero-order chi connectivity index (χ0) is 14.8. The van der Waals surface area contributed by atoms with Crippen molar-refractivity contribution in [1.29, 1.82) is 0 Å². The van der Waals surface area contributed by atoms with Gasteiger partial charge in [0.1, 0.15) is 17.7 Å². The number of carboxylic acid groups (broad SMARTS) is 1. The monoisotopic (exact) mass is 291 g/mol. The SMILES string of the molecule is O=C(O)C1CCCN1c1ccc(C2=NCCCN2)cc1F. The van der Waals surface area contributed by atoms with Gasteiger partial charge in [-0.25, -0.2) is 9.18 Å². The molecule has 5 nitrogen and oxygen atoms in total. The van der Waals surface area contributed by atoms with E-state index >= 15 is 0 Å². The number of nitrogens with one attached hydrogen (secondary N) is 1. The van der Waals surface area contributed by atoms with Crippen LogP contribution in [0.5, 0.6) is 0 Å². The lowest BCUT2D eigenvalue weighted by Crippen LogP contribution is -2.36. The summed E-state index contributed by atoms with van der Waals surface area (Å²) in [6.07, 6.45) is 2.31. The number of anilines is 1. The Kier molecular flexibility index (Phi) is 3.77. The lowest BCUT2D eigenvalue weighted by molar-refractivity contribution is -0.138. The van der Waals surface area contributed by atoms with E-state index in [1.165, 1.54) is 6.07 Å². The van der Waals surface area contributed by atoms with E-state index in [4.69, 9.17) is 0 Å². The molecule has 112 valence electrons. The molecule has 1 fully saturated rings. The molecule has 0 radical (unpaired) electrons. The summed E-state index contributed by atoms with van der Waals surface area (Å²) in [6, 6.07) is 4.26. The van der Waals surface area contributed by atoms with Gasteiger partial charge in [0.15, 0.2) is 0 Å². The van der Waals surface area contributed by atoms with Crippen LogP contribution in [-0.2, 0) is 4.79 Å². The first-order valence-electron chi connectivity index (χ1n) is 7.24. The number of hydrogen-bond acceptors (Lipinski definition) is 4. The summed E-state index contributed by atoms with van der Waals surface area (Å²) in [5.74, 6) is -0.576. The average Bonchev–Trinajstić information content (AvgIpc) is 2.97. The van der Waals surface area contributed by atoms with Crippen molar-refractivity contribution in [3.05, 3.63) is 29.6 Å². The van der Waals surface area contributed by atoms with Gasteiger partial charge in [0.05, 0.1) is 5.69 Å². The Balaban J connectivity index is 1.87. The van der Waals surface area contributed by atoms with E-state index in [2.05, 4.69) is 10.3 Å². The van der Waals surface area contributed by atoms with Crippen molar-refractivity contribution < 1.29 is 14.3 Å². The zero-order valence-corrected chi connectivity index (χ0v) is 11.7. The molecular weight excluding hydrogens is 273 g/mol. The first kappa shape index (κ1) is 13.9. The highest BCUT2D eigenvalue weighted by Gasteiger charge is 2.32. The van der Waals surface area contributed by atoms with Gasteiger partial charge < -0.3 is 15.3 Å². The molecule has 1 atom stereocenters. The van der Waals surface area contributed by atoms with Gasteiger partial charge in [0.25, 0.3) is 0 Å². The second-order valence-corrected chi connectivity index (χ2v) is 5.37. The van der Waals surface area contributed by atoms with Crippen LogP contribution in [0.2, 0.25) is 0 Å². The summed E-state index contributed by atoms with van der Waals surface area (Å²) in [5.41, 5.74) is 1.07. The Labute approximate surface area is 122 Å². The molecule has 0 aliphatic carbocycles. The molecule has 2 heterocycles. The van der Waals surface area contributed by atoms with Crippen molar-refractivity contribution in [2.75, 3.05) is 24.5 Å². The second-order valence-electron chi connectivity index (χ2n) is 5.37. The first-order chi connectivity index (χ1) is 10.2. The molecule has 0 spiro atoms. The van der Waals surface area contributed by atoms with Gasteiger partial charge >= 0.3 is 5.97 Å². The zero-order valence-electron chi connectivity index (χ0n) is 11.7. The third-order valence-corrected chi connectivity index (χ3v) is 3.97. The lowest BCUT2D eigenvalue weighted by Gasteiger charge is -2.24. The largest absolute Gasteiger partial charge is 0.480 e. The minimum Gasteiger partial charge on any atom is -0.480 e. The van der Waals surface area contributed by atoms with E-state index in [9.17, 15) is 14.3 Å². The minimum absolute atomic E-state index is 0.361. The van der Waals surface area contributed by atoms with E-state index in [-0.39, 0.29) is 0 Å². The number of nitrogens with zero attached hydrogens (tertiary/aromatic N) is 2. The van der Waals surface area contributed by atoms with Gasteiger partial charge in [-0.05, 0) is 37.5 Å². The standard InChI is InChI=1S/C15H18FN3O2/c16-11-9-10(14-17-6-2-7-18-14)4-5-12(11)19-8-1-3-13(19)15(20)21/h4-5,9,13H,1-3,6-8H2,(H,17,18)(H,20,21). The van der Waals surface area contributed by atoms with Gasteiger partial charge in [0.2, 0.25) is 0 Å². The van der Waals surface area contributed by atoms with Gasteiger partial charge in [-0.2, -0.15) is 0 Å². The highest BCUT2D eigenvalue weighted by molar-refractivity contribution is 5.99. The summed E-state index contributed by atoms with van der Waals surface area (Å²) in [6.45, 7) is 2.17. The highest BCUT2D eigenvalue weighted by Crippen LogP contribution is 2.28. The van der Waals surface area contributed by atoms with Gasteiger partial charge in [-0.15, -0.1) is 0 Å². The van der Waals surface area contributed by atoms with Crippen molar-refractivity contribution in [3.63, 3.8) is 0 Å². The third-order valence-electron chi connectivity index (χ3n) is 3.97. The highest BCUT2D eigenvalue weighted by atomic mass is 19.1. The molecule has 1 aromatic carbocycles. The summed E-state index contributed by atoms with van der Waals surface area (Å²) in [5, 5.41) is 12.4. The molecule has 2 aliphatic rings. The molecule has 1 aromatic rings. The summed E-state index contributed by atoms with van der Waals surface area (Å²) >= 11 is 0. The molecular formula is C15H18FN3O2. The molecule has 1 unspecified atom stereocenters. The smallest absolute Gasteiger partial charge is 0.326 e. The van der Waals surface area contributed by atoms with Gasteiger partial charge in [-0.3, -0.25) is 4.99 Å². The Hall–Kier alpha value is -2.11. The molecule has 0 bridgehead atoms. The topological polar surface area (TPSA) is 64.9 Å². The normalized spacial score (nSPS) is 21.9. The summed E-state index contributed by atoms with van der Waals surface area (Å²) < 4.78 is 14.4. The quantitative estimate of drug-likeness (QED) is 0.888. The Bertz CT molecular complexity index is 588. The van der Waals surface area contributed by atoms with E-state index in [1.54, 1.807) is 17.0 Å². The van der Waals surface area contributed by atoms with E-state index < -0.39 is 17.8 Å². The van der Waals surface area contributed by atoms with Crippen LogP contribution in [0.3, 0.4) is 0 Å². The molecule has 3 rings (SSSR count). The van der Waals surface area contributed by atoms with Crippen LogP contribution in [0.15, 0.2) is 23.2 Å². The van der Waals surface area contributed by atoms with Crippen LogP contribution in [0, 0.1) is 5.82 Å². The minimum atomic E-state index is -0.894. The molecule has 6 heteroatoms. The molecule has 1 saturated heterocycles. The fourth-order valence-electron chi connectivity index (χ4n) is 2.92. The van der Waals surface area contributed by atoms with Gasteiger partial charge in [-0.1, -0.05) is 0 Å². The first-order valence-corrected chi connectivity index (χ1v) is 7.24. The van der Waals surface area contributed by atoms with Crippen molar-refractivity contribution in [2.45, 2.75) is 25.3 Å². The number of aliphatic carboxylic acids is 1. The van der Waals surface area contributed by atoms with Crippen LogP contribution < -0.4 is 10.2 Å². The maximum atomic E-state index is 14.4. The lowest BCUT2D eigenvalue weighted by atomic mass is 10.1.